The number of piperazine rings is 1. The molecule has 3 heteroatoms. The van der Waals surface area contributed by atoms with E-state index < -0.39 is 0 Å². The zero-order chi connectivity index (χ0) is 13.9. The van der Waals surface area contributed by atoms with E-state index in [4.69, 9.17) is 0 Å². The SMILES string of the molecule is Cc1cc([C@@H](C2CCCC2)N2CCNCC2)ccc1F. The molecule has 1 heterocycles. The third kappa shape index (κ3) is 2.89. The van der Waals surface area contributed by atoms with Gasteiger partial charge < -0.3 is 5.32 Å². The summed E-state index contributed by atoms with van der Waals surface area (Å²) in [4.78, 5) is 2.61. The minimum absolute atomic E-state index is 0.0840. The van der Waals surface area contributed by atoms with Crippen LogP contribution in [-0.2, 0) is 0 Å². The molecule has 0 spiro atoms. The quantitative estimate of drug-likeness (QED) is 0.911. The lowest BCUT2D eigenvalue weighted by molar-refractivity contribution is 0.125. The maximum Gasteiger partial charge on any atom is 0.126 e. The lowest BCUT2D eigenvalue weighted by atomic mass is 9.89. The highest BCUT2D eigenvalue weighted by atomic mass is 19.1. The molecule has 110 valence electrons. The number of hydrogen-bond acceptors (Lipinski definition) is 2. The monoisotopic (exact) mass is 276 g/mol. The molecule has 1 aromatic rings. The molecule has 1 aromatic carbocycles. The molecule has 2 fully saturated rings. The van der Waals surface area contributed by atoms with Gasteiger partial charge in [-0.1, -0.05) is 25.0 Å². The fraction of sp³-hybridized carbons (Fsp3) is 0.647. The summed E-state index contributed by atoms with van der Waals surface area (Å²) in [5, 5.41) is 3.43. The number of hydrogen-bond donors (Lipinski definition) is 1. The summed E-state index contributed by atoms with van der Waals surface area (Å²) in [6.07, 6.45) is 5.36. The average molecular weight is 276 g/mol. The Morgan fingerprint density at radius 3 is 2.55 bits per heavy atom. The van der Waals surface area contributed by atoms with Crippen molar-refractivity contribution in [3.8, 4) is 0 Å². The van der Waals surface area contributed by atoms with E-state index in [1.807, 2.05) is 13.0 Å². The Kier molecular flexibility index (Phi) is 4.37. The van der Waals surface area contributed by atoms with Crippen molar-refractivity contribution in [1.82, 2.24) is 10.2 Å². The van der Waals surface area contributed by atoms with E-state index >= 15 is 0 Å². The van der Waals surface area contributed by atoms with Crippen molar-refractivity contribution in [3.05, 3.63) is 35.1 Å². The lowest BCUT2D eigenvalue weighted by Gasteiger charge is -2.38. The van der Waals surface area contributed by atoms with Crippen LogP contribution < -0.4 is 5.32 Å². The Labute approximate surface area is 121 Å². The molecule has 1 saturated carbocycles. The van der Waals surface area contributed by atoms with E-state index in [0.717, 1.165) is 37.7 Å². The minimum atomic E-state index is -0.0840. The molecule has 20 heavy (non-hydrogen) atoms. The average Bonchev–Trinajstić information content (AvgIpc) is 2.98. The standard InChI is InChI=1S/C17H25FN2/c1-13-12-15(6-7-16(13)18)17(14-4-2-3-5-14)20-10-8-19-9-11-20/h6-7,12,14,17,19H,2-5,8-11H2,1H3/t17-/m1/s1. The predicted molar refractivity (Wildman–Crippen MR) is 80.3 cm³/mol. The van der Waals surface area contributed by atoms with Gasteiger partial charge in [-0.15, -0.1) is 0 Å². The molecule has 1 atom stereocenters. The van der Waals surface area contributed by atoms with Crippen LogP contribution in [0.15, 0.2) is 18.2 Å². The zero-order valence-electron chi connectivity index (χ0n) is 12.4. The first-order valence-corrected chi connectivity index (χ1v) is 7.96. The van der Waals surface area contributed by atoms with Crippen LogP contribution in [0.3, 0.4) is 0 Å². The maximum atomic E-state index is 13.6. The largest absolute Gasteiger partial charge is 0.314 e. The Balaban J connectivity index is 1.88. The number of benzene rings is 1. The zero-order valence-corrected chi connectivity index (χ0v) is 12.4. The predicted octanol–water partition coefficient (Wildman–Crippen LogP) is 3.27. The third-order valence-corrected chi connectivity index (χ3v) is 4.91. The van der Waals surface area contributed by atoms with Gasteiger partial charge in [0.15, 0.2) is 0 Å². The topological polar surface area (TPSA) is 15.3 Å². The Morgan fingerprint density at radius 1 is 1.20 bits per heavy atom. The molecule has 0 bridgehead atoms. The summed E-state index contributed by atoms with van der Waals surface area (Å²) in [5.41, 5.74) is 2.10. The summed E-state index contributed by atoms with van der Waals surface area (Å²) in [7, 11) is 0. The van der Waals surface area contributed by atoms with E-state index in [1.165, 1.54) is 31.2 Å². The summed E-state index contributed by atoms with van der Waals surface area (Å²) in [6, 6.07) is 6.21. The second-order valence-corrected chi connectivity index (χ2v) is 6.28. The molecule has 3 rings (SSSR count). The normalized spacial score (nSPS) is 23.1. The second kappa shape index (κ2) is 6.23. The molecule has 0 amide bonds. The molecule has 1 N–H and O–H groups in total. The summed E-state index contributed by atoms with van der Waals surface area (Å²) >= 11 is 0. The highest BCUT2D eigenvalue weighted by molar-refractivity contribution is 5.27. The molecule has 1 aliphatic heterocycles. The van der Waals surface area contributed by atoms with Crippen molar-refractivity contribution in [1.29, 1.82) is 0 Å². The van der Waals surface area contributed by atoms with Crippen LogP contribution in [0.1, 0.15) is 42.9 Å². The molecule has 0 unspecified atom stereocenters. The van der Waals surface area contributed by atoms with Gasteiger partial charge in [0.05, 0.1) is 0 Å². The Morgan fingerprint density at radius 2 is 1.90 bits per heavy atom. The van der Waals surface area contributed by atoms with Crippen molar-refractivity contribution in [2.75, 3.05) is 26.2 Å². The number of rotatable bonds is 3. The van der Waals surface area contributed by atoms with E-state index in [9.17, 15) is 4.39 Å². The number of aryl methyl sites for hydroxylation is 1. The van der Waals surface area contributed by atoms with Crippen LogP contribution >= 0.6 is 0 Å². The van der Waals surface area contributed by atoms with Gasteiger partial charge in [0.1, 0.15) is 5.82 Å². The van der Waals surface area contributed by atoms with Crippen molar-refractivity contribution in [2.24, 2.45) is 5.92 Å². The van der Waals surface area contributed by atoms with Gasteiger partial charge in [-0.25, -0.2) is 4.39 Å². The van der Waals surface area contributed by atoms with Gasteiger partial charge in [-0.05, 0) is 42.9 Å². The van der Waals surface area contributed by atoms with Crippen molar-refractivity contribution in [3.63, 3.8) is 0 Å². The van der Waals surface area contributed by atoms with Crippen LogP contribution in [0.4, 0.5) is 4.39 Å². The van der Waals surface area contributed by atoms with Crippen LogP contribution in [0.25, 0.3) is 0 Å². The van der Waals surface area contributed by atoms with E-state index in [0.29, 0.717) is 6.04 Å². The van der Waals surface area contributed by atoms with Gasteiger partial charge in [-0.3, -0.25) is 4.90 Å². The van der Waals surface area contributed by atoms with E-state index in [1.54, 1.807) is 6.07 Å². The molecular weight excluding hydrogens is 251 g/mol. The summed E-state index contributed by atoms with van der Waals surface area (Å²) in [6.45, 7) is 6.24. The van der Waals surface area contributed by atoms with Crippen LogP contribution in [0.5, 0.6) is 0 Å². The fourth-order valence-electron chi connectivity index (χ4n) is 3.87. The van der Waals surface area contributed by atoms with Gasteiger partial charge in [0.2, 0.25) is 0 Å². The molecule has 1 saturated heterocycles. The minimum Gasteiger partial charge on any atom is -0.314 e. The van der Waals surface area contributed by atoms with E-state index in [-0.39, 0.29) is 5.82 Å². The Bertz CT molecular complexity index is 448. The molecular formula is C17H25FN2. The smallest absolute Gasteiger partial charge is 0.126 e. The molecule has 1 aliphatic carbocycles. The molecule has 0 aromatic heterocycles. The summed E-state index contributed by atoms with van der Waals surface area (Å²) < 4.78 is 13.6. The number of halogens is 1. The van der Waals surface area contributed by atoms with Gasteiger partial charge in [-0.2, -0.15) is 0 Å². The van der Waals surface area contributed by atoms with Crippen molar-refractivity contribution in [2.45, 2.75) is 38.6 Å². The van der Waals surface area contributed by atoms with Crippen molar-refractivity contribution < 1.29 is 4.39 Å². The lowest BCUT2D eigenvalue weighted by Crippen LogP contribution is -2.46. The first kappa shape index (κ1) is 14.0. The highest BCUT2D eigenvalue weighted by Crippen LogP contribution is 2.39. The second-order valence-electron chi connectivity index (χ2n) is 6.28. The van der Waals surface area contributed by atoms with Gasteiger partial charge in [0.25, 0.3) is 0 Å². The fourth-order valence-corrected chi connectivity index (χ4v) is 3.87. The third-order valence-electron chi connectivity index (χ3n) is 4.91. The van der Waals surface area contributed by atoms with Crippen LogP contribution in [-0.4, -0.2) is 31.1 Å². The van der Waals surface area contributed by atoms with Gasteiger partial charge >= 0.3 is 0 Å². The number of nitrogens with zero attached hydrogens (tertiary/aromatic N) is 1. The first-order chi connectivity index (χ1) is 9.75. The molecule has 2 aliphatic rings. The van der Waals surface area contributed by atoms with Gasteiger partial charge in [0, 0.05) is 32.2 Å². The van der Waals surface area contributed by atoms with Crippen LogP contribution in [0, 0.1) is 18.7 Å². The van der Waals surface area contributed by atoms with E-state index in [2.05, 4.69) is 16.3 Å². The first-order valence-electron chi connectivity index (χ1n) is 7.96. The van der Waals surface area contributed by atoms with Crippen LogP contribution in [0.2, 0.25) is 0 Å². The number of nitrogens with one attached hydrogen (secondary N) is 1. The molecule has 2 nitrogen and oxygen atoms in total. The van der Waals surface area contributed by atoms with Crippen molar-refractivity contribution >= 4 is 0 Å². The summed E-state index contributed by atoms with van der Waals surface area (Å²) in [5.74, 6) is 0.664. The maximum absolute atomic E-state index is 13.6. The highest BCUT2D eigenvalue weighted by Gasteiger charge is 2.31. The molecule has 0 radical (unpaired) electrons. The Hall–Kier alpha value is -0.930.